The third-order valence-electron chi connectivity index (χ3n) is 3.37. The Bertz CT molecular complexity index is 971. The summed E-state index contributed by atoms with van der Waals surface area (Å²) in [5, 5.41) is 0.769. The van der Waals surface area contributed by atoms with Crippen LogP contribution in [0.5, 0.6) is 5.75 Å². The summed E-state index contributed by atoms with van der Waals surface area (Å²) in [5.41, 5.74) is 6.87. The Morgan fingerprint density at radius 2 is 1.91 bits per heavy atom. The van der Waals surface area contributed by atoms with Gasteiger partial charge in [-0.3, -0.25) is 9.71 Å². The largest absolute Gasteiger partial charge is 0.495 e. The predicted molar refractivity (Wildman–Crippen MR) is 90.0 cm³/mol. The maximum Gasteiger partial charge on any atom is 0.264 e. The lowest BCUT2D eigenvalue weighted by Crippen LogP contribution is -2.15. The number of rotatable bonds is 4. The van der Waals surface area contributed by atoms with E-state index in [2.05, 4.69) is 9.71 Å². The maximum atomic E-state index is 12.5. The van der Waals surface area contributed by atoms with Crippen LogP contribution < -0.4 is 15.2 Å². The Morgan fingerprint density at radius 1 is 1.13 bits per heavy atom. The van der Waals surface area contributed by atoms with Gasteiger partial charge in [0.1, 0.15) is 10.6 Å². The Labute approximate surface area is 134 Å². The number of nitrogens with one attached hydrogen (secondary N) is 1. The lowest BCUT2D eigenvalue weighted by atomic mass is 10.2. The molecule has 0 spiro atoms. The molecule has 1 heterocycles. The number of benzene rings is 2. The van der Waals surface area contributed by atoms with E-state index in [1.807, 2.05) is 6.07 Å². The zero-order chi connectivity index (χ0) is 16.4. The number of anilines is 2. The molecular weight excluding hydrogens is 314 g/mol. The van der Waals surface area contributed by atoms with E-state index in [0.717, 1.165) is 5.39 Å². The first-order chi connectivity index (χ1) is 11.0. The SMILES string of the molecule is COc1cnc2c(NS(=O)(=O)c3ccccc3N)cccc2c1. The van der Waals surface area contributed by atoms with Gasteiger partial charge in [-0.2, -0.15) is 0 Å². The summed E-state index contributed by atoms with van der Waals surface area (Å²) in [7, 11) is -2.25. The third kappa shape index (κ3) is 2.91. The van der Waals surface area contributed by atoms with Crippen LogP contribution in [-0.2, 0) is 10.0 Å². The Morgan fingerprint density at radius 3 is 2.65 bits per heavy atom. The van der Waals surface area contributed by atoms with Crippen LogP contribution in [-0.4, -0.2) is 20.5 Å². The average Bonchev–Trinajstić information content (AvgIpc) is 2.54. The van der Waals surface area contributed by atoms with Crippen LogP contribution in [0.1, 0.15) is 0 Å². The molecule has 0 aliphatic rings. The first kappa shape index (κ1) is 15.1. The van der Waals surface area contributed by atoms with E-state index in [1.54, 1.807) is 43.5 Å². The van der Waals surface area contributed by atoms with Gasteiger partial charge < -0.3 is 10.5 Å². The van der Waals surface area contributed by atoms with E-state index in [4.69, 9.17) is 10.5 Å². The minimum Gasteiger partial charge on any atom is -0.495 e. The lowest BCUT2D eigenvalue weighted by Gasteiger charge is -2.12. The molecule has 3 N–H and O–H groups in total. The second-order valence-corrected chi connectivity index (χ2v) is 6.55. The van der Waals surface area contributed by atoms with Crippen LogP contribution in [0, 0.1) is 0 Å². The predicted octanol–water partition coefficient (Wildman–Crippen LogP) is 2.63. The number of pyridine rings is 1. The molecule has 2 aromatic carbocycles. The highest BCUT2D eigenvalue weighted by molar-refractivity contribution is 7.93. The third-order valence-corrected chi connectivity index (χ3v) is 4.81. The smallest absolute Gasteiger partial charge is 0.264 e. The summed E-state index contributed by atoms with van der Waals surface area (Å²) in [6.07, 6.45) is 1.54. The molecule has 0 amide bonds. The molecule has 0 aliphatic carbocycles. The van der Waals surface area contributed by atoms with Crippen molar-refractivity contribution in [3.8, 4) is 5.75 Å². The topological polar surface area (TPSA) is 94.3 Å². The zero-order valence-electron chi connectivity index (χ0n) is 12.4. The molecule has 0 radical (unpaired) electrons. The molecule has 0 fully saturated rings. The van der Waals surface area contributed by atoms with Crippen LogP contribution in [0.15, 0.2) is 59.6 Å². The number of hydrogen-bond donors (Lipinski definition) is 2. The number of nitrogen functional groups attached to an aromatic ring is 1. The van der Waals surface area contributed by atoms with E-state index in [0.29, 0.717) is 17.0 Å². The van der Waals surface area contributed by atoms with Gasteiger partial charge in [0, 0.05) is 5.39 Å². The molecule has 0 atom stereocenters. The number of hydrogen-bond acceptors (Lipinski definition) is 5. The Kier molecular flexibility index (Phi) is 3.79. The molecule has 0 unspecified atom stereocenters. The van der Waals surface area contributed by atoms with Crippen molar-refractivity contribution in [3.63, 3.8) is 0 Å². The highest BCUT2D eigenvalue weighted by atomic mass is 32.2. The van der Waals surface area contributed by atoms with Crippen molar-refractivity contribution in [2.45, 2.75) is 4.90 Å². The number of nitrogens with two attached hydrogens (primary N) is 1. The van der Waals surface area contributed by atoms with E-state index in [9.17, 15) is 8.42 Å². The van der Waals surface area contributed by atoms with Gasteiger partial charge in [-0.25, -0.2) is 8.42 Å². The summed E-state index contributed by atoms with van der Waals surface area (Å²) in [6, 6.07) is 13.3. The summed E-state index contributed by atoms with van der Waals surface area (Å²) in [4.78, 5) is 4.30. The number of fused-ring (bicyclic) bond motifs is 1. The molecule has 3 rings (SSSR count). The van der Waals surface area contributed by atoms with Crippen molar-refractivity contribution in [1.82, 2.24) is 4.98 Å². The van der Waals surface area contributed by atoms with Crippen LogP contribution in [0.3, 0.4) is 0 Å². The van der Waals surface area contributed by atoms with Crippen molar-refractivity contribution in [2.75, 3.05) is 17.6 Å². The number of sulfonamides is 1. The van der Waals surface area contributed by atoms with Gasteiger partial charge in [0.25, 0.3) is 10.0 Å². The van der Waals surface area contributed by atoms with Gasteiger partial charge in [0.2, 0.25) is 0 Å². The van der Waals surface area contributed by atoms with E-state index in [-0.39, 0.29) is 10.6 Å². The summed E-state index contributed by atoms with van der Waals surface area (Å²) >= 11 is 0. The minimum atomic E-state index is -3.80. The Balaban J connectivity index is 2.06. The second-order valence-electron chi connectivity index (χ2n) is 4.90. The van der Waals surface area contributed by atoms with Gasteiger partial charge in [-0.15, -0.1) is 0 Å². The second kappa shape index (κ2) is 5.77. The Hall–Kier alpha value is -2.80. The fourth-order valence-electron chi connectivity index (χ4n) is 2.26. The van der Waals surface area contributed by atoms with Crippen molar-refractivity contribution in [2.24, 2.45) is 0 Å². The van der Waals surface area contributed by atoms with Crippen LogP contribution in [0.2, 0.25) is 0 Å². The normalized spacial score (nSPS) is 11.3. The fourth-order valence-corrected chi connectivity index (χ4v) is 3.46. The molecular formula is C16H15N3O3S. The van der Waals surface area contributed by atoms with E-state index < -0.39 is 10.0 Å². The molecule has 3 aromatic rings. The molecule has 1 aromatic heterocycles. The maximum absolute atomic E-state index is 12.5. The van der Waals surface area contributed by atoms with Gasteiger partial charge in [0.05, 0.1) is 30.2 Å². The molecule has 0 saturated heterocycles. The number of ether oxygens (including phenoxy) is 1. The van der Waals surface area contributed by atoms with Crippen molar-refractivity contribution >= 4 is 32.3 Å². The van der Waals surface area contributed by atoms with Crippen LogP contribution in [0.4, 0.5) is 11.4 Å². The lowest BCUT2D eigenvalue weighted by molar-refractivity contribution is 0.414. The van der Waals surface area contributed by atoms with Gasteiger partial charge >= 0.3 is 0 Å². The first-order valence-corrected chi connectivity index (χ1v) is 8.29. The van der Waals surface area contributed by atoms with Crippen molar-refractivity contribution in [3.05, 3.63) is 54.7 Å². The van der Waals surface area contributed by atoms with Crippen LogP contribution in [0.25, 0.3) is 10.9 Å². The monoisotopic (exact) mass is 329 g/mol. The van der Waals surface area contributed by atoms with Crippen LogP contribution >= 0.6 is 0 Å². The molecule has 0 saturated carbocycles. The summed E-state index contributed by atoms with van der Waals surface area (Å²) in [5.74, 6) is 0.602. The van der Waals surface area contributed by atoms with E-state index in [1.165, 1.54) is 12.3 Å². The standard InChI is InChI=1S/C16H15N3O3S/c1-22-12-9-11-5-4-7-14(16(11)18-10-12)19-23(20,21)15-8-3-2-6-13(15)17/h2-10,19H,17H2,1H3. The highest BCUT2D eigenvalue weighted by Crippen LogP contribution is 2.27. The molecule has 118 valence electrons. The van der Waals surface area contributed by atoms with Crippen molar-refractivity contribution in [1.29, 1.82) is 0 Å². The average molecular weight is 329 g/mol. The van der Waals surface area contributed by atoms with Gasteiger partial charge in [-0.05, 0) is 24.3 Å². The zero-order valence-corrected chi connectivity index (χ0v) is 13.2. The van der Waals surface area contributed by atoms with Gasteiger partial charge in [0.15, 0.2) is 0 Å². The first-order valence-electron chi connectivity index (χ1n) is 6.81. The number of methoxy groups -OCH3 is 1. The molecule has 0 bridgehead atoms. The molecule has 0 aliphatic heterocycles. The molecule has 7 heteroatoms. The number of para-hydroxylation sites is 2. The quantitative estimate of drug-likeness (QED) is 0.718. The number of aromatic nitrogens is 1. The minimum absolute atomic E-state index is 0.0329. The number of nitrogens with zero attached hydrogens (tertiary/aromatic N) is 1. The molecule has 23 heavy (non-hydrogen) atoms. The van der Waals surface area contributed by atoms with Gasteiger partial charge in [-0.1, -0.05) is 24.3 Å². The van der Waals surface area contributed by atoms with E-state index >= 15 is 0 Å². The van der Waals surface area contributed by atoms with Crippen molar-refractivity contribution < 1.29 is 13.2 Å². The summed E-state index contributed by atoms with van der Waals surface area (Å²) in [6.45, 7) is 0. The summed E-state index contributed by atoms with van der Waals surface area (Å²) < 4.78 is 32.8. The fraction of sp³-hybridized carbons (Fsp3) is 0.0625. The molecule has 6 nitrogen and oxygen atoms in total. The highest BCUT2D eigenvalue weighted by Gasteiger charge is 2.18.